The first-order chi connectivity index (χ1) is 9.93. The van der Waals surface area contributed by atoms with E-state index in [1.165, 1.54) is 20.1 Å². The number of ether oxygens (including phenoxy) is 1. The highest BCUT2D eigenvalue weighted by atomic mass is 79.9. The number of halogens is 3. The second kappa shape index (κ2) is 6.54. The number of aliphatic hydroxyl groups is 1. The summed E-state index contributed by atoms with van der Waals surface area (Å²) in [5, 5.41) is 10.2. The standard InChI is InChI=1S/C16H15BrF2O2/c1-9-3-5-12(18)15(16(9)19)13(20)8-10-7-11(17)4-6-14(10)21-2/h3-7,13,20H,8H2,1-2H3. The molecule has 0 amide bonds. The molecule has 0 radical (unpaired) electrons. The molecule has 0 aliphatic heterocycles. The zero-order valence-corrected chi connectivity index (χ0v) is 13.2. The number of rotatable bonds is 4. The summed E-state index contributed by atoms with van der Waals surface area (Å²) in [7, 11) is 1.51. The first-order valence-electron chi connectivity index (χ1n) is 6.39. The van der Waals surface area contributed by atoms with Crippen LogP contribution in [-0.4, -0.2) is 12.2 Å². The van der Waals surface area contributed by atoms with Crippen LogP contribution in [0.1, 0.15) is 22.8 Å². The van der Waals surface area contributed by atoms with Gasteiger partial charge in [-0.1, -0.05) is 22.0 Å². The highest BCUT2D eigenvalue weighted by molar-refractivity contribution is 9.10. The minimum absolute atomic E-state index is 0.0555. The summed E-state index contributed by atoms with van der Waals surface area (Å²) in [6.07, 6.45) is -1.23. The average molecular weight is 357 g/mol. The van der Waals surface area contributed by atoms with E-state index in [0.29, 0.717) is 16.9 Å². The topological polar surface area (TPSA) is 29.5 Å². The molecule has 112 valence electrons. The first kappa shape index (κ1) is 15.9. The molecule has 0 aliphatic rings. The Bertz CT molecular complexity index is 659. The number of methoxy groups -OCH3 is 1. The van der Waals surface area contributed by atoms with Gasteiger partial charge in [-0.25, -0.2) is 8.78 Å². The first-order valence-corrected chi connectivity index (χ1v) is 7.18. The molecule has 21 heavy (non-hydrogen) atoms. The van der Waals surface area contributed by atoms with Gasteiger partial charge < -0.3 is 9.84 Å². The number of aryl methyl sites for hydroxylation is 1. The van der Waals surface area contributed by atoms with Gasteiger partial charge in [-0.15, -0.1) is 0 Å². The van der Waals surface area contributed by atoms with Crippen molar-refractivity contribution < 1.29 is 18.6 Å². The molecule has 2 rings (SSSR count). The summed E-state index contributed by atoms with van der Waals surface area (Å²) in [5.74, 6) is -0.901. The number of hydrogen-bond acceptors (Lipinski definition) is 2. The van der Waals surface area contributed by atoms with Crippen LogP contribution in [0, 0.1) is 18.6 Å². The summed E-state index contributed by atoms with van der Waals surface area (Å²) < 4.78 is 33.8. The summed E-state index contributed by atoms with van der Waals surface area (Å²) in [6, 6.07) is 7.79. The fourth-order valence-electron chi connectivity index (χ4n) is 2.20. The monoisotopic (exact) mass is 356 g/mol. The Hall–Kier alpha value is -1.46. The van der Waals surface area contributed by atoms with Crippen LogP contribution in [-0.2, 0) is 6.42 Å². The molecule has 2 aromatic carbocycles. The molecule has 0 saturated heterocycles. The zero-order valence-electron chi connectivity index (χ0n) is 11.7. The van der Waals surface area contributed by atoms with Crippen LogP contribution in [0.5, 0.6) is 5.75 Å². The molecule has 1 atom stereocenters. The molecule has 2 aromatic rings. The Morgan fingerprint density at radius 3 is 2.62 bits per heavy atom. The van der Waals surface area contributed by atoms with Crippen molar-refractivity contribution in [1.82, 2.24) is 0 Å². The van der Waals surface area contributed by atoms with E-state index in [4.69, 9.17) is 4.74 Å². The molecule has 0 saturated carbocycles. The van der Waals surface area contributed by atoms with Crippen molar-refractivity contribution in [2.24, 2.45) is 0 Å². The third kappa shape index (κ3) is 3.41. The van der Waals surface area contributed by atoms with Crippen LogP contribution in [0.15, 0.2) is 34.8 Å². The quantitative estimate of drug-likeness (QED) is 0.883. The predicted molar refractivity (Wildman–Crippen MR) is 80.5 cm³/mol. The van der Waals surface area contributed by atoms with Crippen molar-refractivity contribution in [3.8, 4) is 5.75 Å². The van der Waals surface area contributed by atoms with E-state index in [0.717, 1.165) is 10.5 Å². The Morgan fingerprint density at radius 2 is 1.95 bits per heavy atom. The molecule has 0 aromatic heterocycles. The summed E-state index contributed by atoms with van der Waals surface area (Å²) in [5.41, 5.74) is 0.656. The second-order valence-corrected chi connectivity index (χ2v) is 5.68. The lowest BCUT2D eigenvalue weighted by molar-refractivity contribution is 0.167. The van der Waals surface area contributed by atoms with Crippen LogP contribution in [0.2, 0.25) is 0 Å². The van der Waals surface area contributed by atoms with Crippen molar-refractivity contribution in [2.75, 3.05) is 7.11 Å². The fourth-order valence-corrected chi connectivity index (χ4v) is 2.61. The number of aliphatic hydroxyl groups excluding tert-OH is 1. The largest absolute Gasteiger partial charge is 0.496 e. The number of hydrogen-bond donors (Lipinski definition) is 1. The third-order valence-electron chi connectivity index (χ3n) is 3.31. The van der Waals surface area contributed by atoms with Crippen LogP contribution < -0.4 is 4.74 Å². The average Bonchev–Trinajstić information content (AvgIpc) is 2.43. The van der Waals surface area contributed by atoms with Crippen molar-refractivity contribution >= 4 is 15.9 Å². The Balaban J connectivity index is 2.37. The van der Waals surface area contributed by atoms with Crippen LogP contribution >= 0.6 is 15.9 Å². The second-order valence-electron chi connectivity index (χ2n) is 4.77. The molecule has 1 unspecified atom stereocenters. The molecule has 0 fully saturated rings. The van der Waals surface area contributed by atoms with Gasteiger partial charge in [0, 0.05) is 10.9 Å². The SMILES string of the molecule is COc1ccc(Br)cc1CC(O)c1c(F)ccc(C)c1F. The highest BCUT2D eigenvalue weighted by Gasteiger charge is 2.21. The number of benzene rings is 2. The fraction of sp³-hybridized carbons (Fsp3) is 0.250. The van der Waals surface area contributed by atoms with Crippen LogP contribution in [0.4, 0.5) is 8.78 Å². The van der Waals surface area contributed by atoms with Crippen molar-refractivity contribution in [3.63, 3.8) is 0 Å². The molecule has 2 nitrogen and oxygen atoms in total. The summed E-state index contributed by atoms with van der Waals surface area (Å²) >= 11 is 3.33. The minimum atomic E-state index is -1.28. The molecular weight excluding hydrogens is 342 g/mol. The normalized spacial score (nSPS) is 12.3. The van der Waals surface area contributed by atoms with Gasteiger partial charge in [0.1, 0.15) is 17.4 Å². The zero-order chi connectivity index (χ0) is 15.6. The maximum atomic E-state index is 14.0. The van der Waals surface area contributed by atoms with Gasteiger partial charge in [-0.05, 0) is 42.3 Å². The van der Waals surface area contributed by atoms with Gasteiger partial charge in [-0.3, -0.25) is 0 Å². The lowest BCUT2D eigenvalue weighted by Crippen LogP contribution is -2.09. The van der Waals surface area contributed by atoms with Gasteiger partial charge in [-0.2, -0.15) is 0 Å². The van der Waals surface area contributed by atoms with E-state index >= 15 is 0 Å². The van der Waals surface area contributed by atoms with Crippen molar-refractivity contribution in [2.45, 2.75) is 19.4 Å². The maximum Gasteiger partial charge on any atom is 0.134 e. The van der Waals surface area contributed by atoms with Gasteiger partial charge in [0.2, 0.25) is 0 Å². The molecule has 0 heterocycles. The van der Waals surface area contributed by atoms with Crippen LogP contribution in [0.25, 0.3) is 0 Å². The molecule has 5 heteroatoms. The van der Waals surface area contributed by atoms with Gasteiger partial charge >= 0.3 is 0 Å². The lowest BCUT2D eigenvalue weighted by atomic mass is 9.98. The van der Waals surface area contributed by atoms with Crippen LogP contribution in [0.3, 0.4) is 0 Å². The minimum Gasteiger partial charge on any atom is -0.496 e. The van der Waals surface area contributed by atoms with E-state index in [1.807, 2.05) is 0 Å². The van der Waals surface area contributed by atoms with Gasteiger partial charge in [0.15, 0.2) is 0 Å². The predicted octanol–water partition coefficient (Wildman–Crippen LogP) is 4.32. The summed E-state index contributed by atoms with van der Waals surface area (Å²) in [4.78, 5) is 0. The van der Waals surface area contributed by atoms with Gasteiger partial charge in [0.25, 0.3) is 0 Å². The van der Waals surface area contributed by atoms with Gasteiger partial charge in [0.05, 0.1) is 18.8 Å². The highest BCUT2D eigenvalue weighted by Crippen LogP contribution is 2.30. The van der Waals surface area contributed by atoms with E-state index in [1.54, 1.807) is 18.2 Å². The van der Waals surface area contributed by atoms with E-state index in [2.05, 4.69) is 15.9 Å². The van der Waals surface area contributed by atoms with E-state index in [9.17, 15) is 13.9 Å². The maximum absolute atomic E-state index is 14.0. The smallest absolute Gasteiger partial charge is 0.134 e. The molecule has 0 bridgehead atoms. The van der Waals surface area contributed by atoms with Crippen molar-refractivity contribution in [1.29, 1.82) is 0 Å². The summed E-state index contributed by atoms with van der Waals surface area (Å²) in [6.45, 7) is 1.53. The molecule has 1 N–H and O–H groups in total. The Morgan fingerprint density at radius 1 is 1.24 bits per heavy atom. The molecular formula is C16H15BrF2O2. The molecule has 0 aliphatic carbocycles. The molecule has 0 spiro atoms. The lowest BCUT2D eigenvalue weighted by Gasteiger charge is -2.16. The third-order valence-corrected chi connectivity index (χ3v) is 3.80. The Kier molecular flexibility index (Phi) is 4.96. The van der Waals surface area contributed by atoms with E-state index < -0.39 is 17.7 Å². The Labute approximate surface area is 130 Å². The van der Waals surface area contributed by atoms with E-state index in [-0.39, 0.29) is 12.0 Å². The van der Waals surface area contributed by atoms with Crippen molar-refractivity contribution in [3.05, 3.63) is 63.1 Å².